The largest absolute Gasteiger partial charge is 0.465 e. The normalized spacial score (nSPS) is 16.2. The van der Waals surface area contributed by atoms with Crippen LogP contribution in [0.25, 0.3) is 0 Å². The van der Waals surface area contributed by atoms with Gasteiger partial charge in [-0.15, -0.1) is 0 Å². The Hall–Kier alpha value is -3.47. The van der Waals surface area contributed by atoms with Crippen molar-refractivity contribution in [1.82, 2.24) is 14.9 Å². The fourth-order valence-corrected chi connectivity index (χ4v) is 4.99. The summed E-state index contributed by atoms with van der Waals surface area (Å²) in [4.78, 5) is 36.5. The van der Waals surface area contributed by atoms with E-state index in [4.69, 9.17) is 10.5 Å². The first-order valence-electron chi connectivity index (χ1n) is 12.7. The molecular weight excluding hydrogens is 462 g/mol. The number of rotatable bonds is 11. The number of ether oxygens (including phenoxy) is 1. The summed E-state index contributed by atoms with van der Waals surface area (Å²) in [5.74, 6) is -0.493. The maximum absolute atomic E-state index is 12.5. The van der Waals surface area contributed by atoms with E-state index in [0.29, 0.717) is 0 Å². The van der Waals surface area contributed by atoms with Gasteiger partial charge in [-0.2, -0.15) is 9.97 Å². The van der Waals surface area contributed by atoms with Crippen molar-refractivity contribution in [3.8, 4) is 0 Å². The Bertz CT molecular complexity index is 1070. The molecule has 0 unspecified atom stereocenters. The Kier molecular flexibility index (Phi) is 8.52. The number of nitrogens with zero attached hydrogens (tertiary/aromatic N) is 5. The molecule has 194 valence electrons. The van der Waals surface area contributed by atoms with Gasteiger partial charge in [0.05, 0.1) is 11.5 Å². The van der Waals surface area contributed by atoms with Crippen molar-refractivity contribution in [1.29, 1.82) is 0 Å². The van der Waals surface area contributed by atoms with Gasteiger partial charge < -0.3 is 20.7 Å². The number of aromatic nitrogens is 2. The van der Waals surface area contributed by atoms with E-state index in [0.717, 1.165) is 56.4 Å². The summed E-state index contributed by atoms with van der Waals surface area (Å²) in [5.41, 5.74) is 7.71. The number of nitrogens with two attached hydrogens (primary N) is 1. The van der Waals surface area contributed by atoms with E-state index >= 15 is 0 Å². The van der Waals surface area contributed by atoms with Crippen LogP contribution in [0.15, 0.2) is 24.3 Å². The first kappa shape index (κ1) is 25.6. The van der Waals surface area contributed by atoms with Crippen LogP contribution in [0.4, 0.5) is 23.3 Å². The number of hydrogen-bond acceptors (Lipinski definition) is 10. The van der Waals surface area contributed by atoms with Gasteiger partial charge in [0, 0.05) is 19.1 Å². The smallest absolute Gasteiger partial charge is 0.353 e. The van der Waals surface area contributed by atoms with Crippen molar-refractivity contribution >= 4 is 29.2 Å². The second-order valence-electron chi connectivity index (χ2n) is 9.45. The van der Waals surface area contributed by atoms with Gasteiger partial charge in [0.1, 0.15) is 6.54 Å². The molecule has 2 heterocycles. The molecule has 0 amide bonds. The predicted octanol–water partition coefficient (Wildman–Crippen LogP) is 3.49. The topological polar surface area (TPSA) is 140 Å². The van der Waals surface area contributed by atoms with Gasteiger partial charge in [0.15, 0.2) is 0 Å². The molecule has 0 radical (unpaired) electrons. The van der Waals surface area contributed by atoms with Crippen molar-refractivity contribution in [3.63, 3.8) is 0 Å². The monoisotopic (exact) mass is 497 g/mol. The average Bonchev–Trinajstić information content (AvgIpc) is 3.53. The highest BCUT2D eigenvalue weighted by atomic mass is 16.6. The van der Waals surface area contributed by atoms with E-state index in [-0.39, 0.29) is 43.3 Å². The molecule has 11 heteroatoms. The Morgan fingerprint density at radius 1 is 1.22 bits per heavy atom. The summed E-state index contributed by atoms with van der Waals surface area (Å²) in [5, 5.41) is 15.3. The van der Waals surface area contributed by atoms with Gasteiger partial charge in [0.25, 0.3) is 0 Å². The zero-order valence-electron chi connectivity index (χ0n) is 20.8. The molecule has 36 heavy (non-hydrogen) atoms. The minimum Gasteiger partial charge on any atom is -0.465 e. The summed E-state index contributed by atoms with van der Waals surface area (Å²) in [6.07, 6.45) is 6.59. The Balaban J connectivity index is 1.65. The number of carbonyl (C=O) groups is 1. The van der Waals surface area contributed by atoms with Crippen LogP contribution in [-0.4, -0.2) is 58.0 Å². The van der Waals surface area contributed by atoms with Crippen LogP contribution in [0, 0.1) is 10.1 Å². The number of carbonyl (C=O) groups excluding carboxylic acids is 1. The number of hydrogen-bond donors (Lipinski definition) is 2. The Morgan fingerprint density at radius 3 is 2.64 bits per heavy atom. The van der Waals surface area contributed by atoms with E-state index in [1.165, 1.54) is 12.8 Å². The van der Waals surface area contributed by atoms with Crippen LogP contribution in [0.3, 0.4) is 0 Å². The fourth-order valence-electron chi connectivity index (χ4n) is 4.99. The molecule has 3 N–H and O–H groups in total. The quantitative estimate of drug-likeness (QED) is 0.269. The summed E-state index contributed by atoms with van der Waals surface area (Å²) in [7, 11) is 0. The molecule has 0 bridgehead atoms. The van der Waals surface area contributed by atoms with Crippen molar-refractivity contribution in [2.24, 2.45) is 0 Å². The Labute approximate surface area is 211 Å². The SMILES string of the molecule is CCOC(=O)CN(Cc1cccc(CN2CCCC2)c1)c1nc(NC2CCCC2)nc(N)c1[N+](=O)[O-]. The molecule has 1 aromatic heterocycles. The molecular formula is C25H35N7O4. The minimum atomic E-state index is -0.591. The lowest BCUT2D eigenvalue weighted by atomic mass is 10.1. The van der Waals surface area contributed by atoms with Crippen LogP contribution >= 0.6 is 0 Å². The zero-order chi connectivity index (χ0) is 25.5. The predicted molar refractivity (Wildman–Crippen MR) is 138 cm³/mol. The molecule has 0 spiro atoms. The molecule has 2 aromatic rings. The van der Waals surface area contributed by atoms with Crippen LogP contribution in [0.5, 0.6) is 0 Å². The number of nitrogen functional groups attached to an aromatic ring is 1. The van der Waals surface area contributed by atoms with E-state index < -0.39 is 16.6 Å². The van der Waals surface area contributed by atoms with Gasteiger partial charge in [-0.25, -0.2) is 0 Å². The molecule has 4 rings (SSSR count). The highest BCUT2D eigenvalue weighted by Gasteiger charge is 2.30. The van der Waals surface area contributed by atoms with Crippen molar-refractivity contribution in [2.75, 3.05) is 42.2 Å². The van der Waals surface area contributed by atoms with Crippen LogP contribution in [0.2, 0.25) is 0 Å². The lowest BCUT2D eigenvalue weighted by Crippen LogP contribution is -2.32. The number of likely N-dealkylation sites (tertiary alicyclic amines) is 1. The lowest BCUT2D eigenvalue weighted by molar-refractivity contribution is -0.383. The maximum atomic E-state index is 12.5. The highest BCUT2D eigenvalue weighted by Crippen LogP contribution is 2.34. The zero-order valence-corrected chi connectivity index (χ0v) is 20.8. The van der Waals surface area contributed by atoms with Gasteiger partial charge in [-0.05, 0) is 56.8 Å². The molecule has 1 aromatic carbocycles. The van der Waals surface area contributed by atoms with E-state index in [9.17, 15) is 14.9 Å². The van der Waals surface area contributed by atoms with Gasteiger partial charge in [0.2, 0.25) is 17.6 Å². The summed E-state index contributed by atoms with van der Waals surface area (Å²) < 4.78 is 5.17. The third kappa shape index (κ3) is 6.60. The minimum absolute atomic E-state index is 0.00555. The van der Waals surface area contributed by atoms with E-state index in [1.807, 2.05) is 12.1 Å². The number of esters is 1. The molecule has 1 saturated heterocycles. The number of anilines is 3. The first-order valence-corrected chi connectivity index (χ1v) is 12.7. The molecule has 2 aliphatic rings. The van der Waals surface area contributed by atoms with Crippen molar-refractivity contribution in [3.05, 3.63) is 45.5 Å². The lowest BCUT2D eigenvalue weighted by Gasteiger charge is -2.24. The van der Waals surface area contributed by atoms with Crippen LogP contribution in [-0.2, 0) is 22.6 Å². The molecule has 1 saturated carbocycles. The molecule has 2 fully saturated rings. The second-order valence-corrected chi connectivity index (χ2v) is 9.45. The molecule has 1 aliphatic carbocycles. The van der Waals surface area contributed by atoms with Gasteiger partial charge >= 0.3 is 11.7 Å². The average molecular weight is 498 g/mol. The molecule has 11 nitrogen and oxygen atoms in total. The fraction of sp³-hybridized carbons (Fsp3) is 0.560. The highest BCUT2D eigenvalue weighted by molar-refractivity contribution is 5.79. The van der Waals surface area contributed by atoms with Crippen LogP contribution < -0.4 is 16.0 Å². The third-order valence-corrected chi connectivity index (χ3v) is 6.66. The van der Waals surface area contributed by atoms with Gasteiger partial charge in [-0.1, -0.05) is 37.1 Å². The maximum Gasteiger partial charge on any atom is 0.353 e. The van der Waals surface area contributed by atoms with Crippen molar-refractivity contribution in [2.45, 2.75) is 64.6 Å². The van der Waals surface area contributed by atoms with Crippen LogP contribution in [0.1, 0.15) is 56.6 Å². The summed E-state index contributed by atoms with van der Waals surface area (Å²) >= 11 is 0. The standard InChI is InChI=1S/C25H35N7O4/c1-2-36-21(33)17-31(16-19-9-7-8-18(14-19)15-30-12-5-6-13-30)24-22(32(34)35)23(26)28-25(29-24)27-20-10-3-4-11-20/h7-9,14,20H,2-6,10-13,15-17H2,1H3,(H3,26,27,28,29). The van der Waals surface area contributed by atoms with Crippen molar-refractivity contribution < 1.29 is 14.5 Å². The summed E-state index contributed by atoms with van der Waals surface area (Å²) in [6, 6.07) is 8.26. The second kappa shape index (κ2) is 12.0. The third-order valence-electron chi connectivity index (χ3n) is 6.66. The molecule has 1 aliphatic heterocycles. The van der Waals surface area contributed by atoms with E-state index in [1.54, 1.807) is 11.8 Å². The number of nitrogens with one attached hydrogen (secondary N) is 1. The van der Waals surface area contributed by atoms with E-state index in [2.05, 4.69) is 32.3 Å². The van der Waals surface area contributed by atoms with Gasteiger partial charge in [-0.3, -0.25) is 19.8 Å². The number of nitro groups is 1. The summed E-state index contributed by atoms with van der Waals surface area (Å²) in [6.45, 7) is 4.98. The number of benzene rings is 1. The molecule has 0 atom stereocenters. The first-order chi connectivity index (χ1) is 17.4. The Morgan fingerprint density at radius 2 is 1.94 bits per heavy atom.